The zero-order valence-electron chi connectivity index (χ0n) is 13.6. The molecule has 0 radical (unpaired) electrons. The van der Waals surface area contributed by atoms with Gasteiger partial charge in [-0.1, -0.05) is 18.2 Å². The highest BCUT2D eigenvalue weighted by atomic mass is 16.5. The van der Waals surface area contributed by atoms with Crippen LogP contribution in [-0.4, -0.2) is 61.4 Å². The van der Waals surface area contributed by atoms with Gasteiger partial charge in [0.05, 0.1) is 19.1 Å². The average Bonchev–Trinajstić information content (AvgIpc) is 2.53. The zero-order valence-corrected chi connectivity index (χ0v) is 13.6. The van der Waals surface area contributed by atoms with E-state index in [0.29, 0.717) is 26.2 Å². The second kappa shape index (κ2) is 6.58. The van der Waals surface area contributed by atoms with Gasteiger partial charge in [0.15, 0.2) is 0 Å². The molecule has 2 aliphatic heterocycles. The summed E-state index contributed by atoms with van der Waals surface area (Å²) in [5, 5.41) is 3.46. The van der Waals surface area contributed by atoms with Crippen LogP contribution in [0.15, 0.2) is 24.3 Å². The van der Waals surface area contributed by atoms with Crippen molar-refractivity contribution in [1.29, 1.82) is 0 Å². The van der Waals surface area contributed by atoms with Crippen LogP contribution in [0.25, 0.3) is 0 Å². The smallest absolute Gasteiger partial charge is 0.229 e. The van der Waals surface area contributed by atoms with Crippen molar-refractivity contribution >= 4 is 11.8 Å². The predicted molar refractivity (Wildman–Crippen MR) is 86.1 cm³/mol. The molecule has 1 atom stereocenters. The van der Waals surface area contributed by atoms with E-state index in [4.69, 9.17) is 4.74 Å². The molecular formula is C17H23N3O3. The highest BCUT2D eigenvalue weighted by Crippen LogP contribution is 2.28. The number of piperazine rings is 1. The lowest BCUT2D eigenvalue weighted by Crippen LogP contribution is -2.58. The number of para-hydroxylation sites is 1. The molecule has 0 bridgehead atoms. The van der Waals surface area contributed by atoms with Gasteiger partial charge in [-0.3, -0.25) is 9.59 Å². The maximum absolute atomic E-state index is 12.6. The monoisotopic (exact) mass is 317 g/mol. The maximum atomic E-state index is 12.6. The Morgan fingerprint density at radius 3 is 2.61 bits per heavy atom. The van der Waals surface area contributed by atoms with Crippen molar-refractivity contribution in [1.82, 2.24) is 15.1 Å². The van der Waals surface area contributed by atoms with Crippen molar-refractivity contribution in [3.05, 3.63) is 29.8 Å². The van der Waals surface area contributed by atoms with E-state index < -0.39 is 0 Å². The molecular weight excluding hydrogens is 294 g/mol. The number of amides is 2. The summed E-state index contributed by atoms with van der Waals surface area (Å²) in [7, 11) is 1.66. The topological polar surface area (TPSA) is 61.9 Å². The van der Waals surface area contributed by atoms with Crippen LogP contribution in [0.5, 0.6) is 5.75 Å². The van der Waals surface area contributed by atoms with Crippen LogP contribution in [0.4, 0.5) is 0 Å². The first-order chi connectivity index (χ1) is 11.1. The number of nitrogens with zero attached hydrogens (tertiary/aromatic N) is 2. The second-order valence-corrected chi connectivity index (χ2v) is 6.15. The number of hydrogen-bond acceptors (Lipinski definition) is 4. The Morgan fingerprint density at radius 2 is 1.91 bits per heavy atom. The first kappa shape index (κ1) is 15.8. The van der Waals surface area contributed by atoms with Gasteiger partial charge in [-0.05, 0) is 6.07 Å². The van der Waals surface area contributed by atoms with Gasteiger partial charge in [0, 0.05) is 45.2 Å². The quantitative estimate of drug-likeness (QED) is 0.889. The third-order valence-electron chi connectivity index (χ3n) is 4.68. The molecule has 1 N–H and O–H groups in total. The predicted octanol–water partition coefficient (Wildman–Crippen LogP) is 0.646. The first-order valence-corrected chi connectivity index (χ1v) is 8.00. The van der Waals surface area contributed by atoms with Crippen molar-refractivity contribution in [2.24, 2.45) is 5.92 Å². The van der Waals surface area contributed by atoms with E-state index in [9.17, 15) is 9.59 Å². The fourth-order valence-electron chi connectivity index (χ4n) is 3.26. The van der Waals surface area contributed by atoms with E-state index >= 15 is 0 Å². The third kappa shape index (κ3) is 3.17. The lowest BCUT2D eigenvalue weighted by Gasteiger charge is -2.42. The Morgan fingerprint density at radius 1 is 1.17 bits per heavy atom. The van der Waals surface area contributed by atoms with Gasteiger partial charge in [0.2, 0.25) is 11.8 Å². The van der Waals surface area contributed by atoms with E-state index in [-0.39, 0.29) is 23.8 Å². The molecule has 23 heavy (non-hydrogen) atoms. The molecule has 1 aromatic carbocycles. The molecule has 0 aliphatic carbocycles. The van der Waals surface area contributed by atoms with Crippen LogP contribution in [0.3, 0.4) is 0 Å². The van der Waals surface area contributed by atoms with Gasteiger partial charge in [0.25, 0.3) is 0 Å². The van der Waals surface area contributed by atoms with E-state index in [1.165, 1.54) is 0 Å². The highest BCUT2D eigenvalue weighted by molar-refractivity contribution is 5.83. The van der Waals surface area contributed by atoms with Crippen molar-refractivity contribution in [3.63, 3.8) is 0 Å². The average molecular weight is 317 g/mol. The number of likely N-dealkylation sites (tertiary alicyclic amines) is 1. The fourth-order valence-corrected chi connectivity index (χ4v) is 3.26. The van der Waals surface area contributed by atoms with E-state index in [1.807, 2.05) is 29.2 Å². The third-order valence-corrected chi connectivity index (χ3v) is 4.68. The van der Waals surface area contributed by atoms with Gasteiger partial charge in [-0.25, -0.2) is 0 Å². The Hall–Kier alpha value is -2.08. The van der Waals surface area contributed by atoms with Crippen LogP contribution in [0.2, 0.25) is 0 Å². The molecule has 124 valence electrons. The number of carbonyl (C=O) groups excluding carboxylic acids is 2. The standard InChI is InChI=1S/C17H23N3O3/c1-12(21)20-9-13(10-20)17(22)19-8-7-18-15(11-19)14-5-3-4-6-16(14)23-2/h3-6,13,15,18H,7-11H2,1-2H3. The summed E-state index contributed by atoms with van der Waals surface area (Å²) in [5.74, 6) is 0.992. The summed E-state index contributed by atoms with van der Waals surface area (Å²) in [6.45, 7) is 4.76. The largest absolute Gasteiger partial charge is 0.496 e. The molecule has 2 saturated heterocycles. The Kier molecular flexibility index (Phi) is 4.52. The normalized spacial score (nSPS) is 21.7. The van der Waals surface area contributed by atoms with Crippen LogP contribution in [0.1, 0.15) is 18.5 Å². The summed E-state index contributed by atoms with van der Waals surface area (Å²) < 4.78 is 5.43. The molecule has 6 nitrogen and oxygen atoms in total. The SMILES string of the molecule is COc1ccccc1C1CN(C(=O)C2CN(C(C)=O)C2)CCN1. The Balaban J connectivity index is 1.64. The molecule has 6 heteroatoms. The summed E-state index contributed by atoms with van der Waals surface area (Å²) >= 11 is 0. The zero-order chi connectivity index (χ0) is 16.4. The minimum Gasteiger partial charge on any atom is -0.496 e. The van der Waals surface area contributed by atoms with Crippen molar-refractivity contribution in [3.8, 4) is 5.75 Å². The summed E-state index contributed by atoms with van der Waals surface area (Å²) in [6, 6.07) is 7.98. The number of ether oxygens (including phenoxy) is 1. The fraction of sp³-hybridized carbons (Fsp3) is 0.529. The molecule has 2 heterocycles. The van der Waals surface area contributed by atoms with Gasteiger partial charge in [0.1, 0.15) is 5.75 Å². The lowest BCUT2D eigenvalue weighted by molar-refractivity contribution is -0.148. The minimum atomic E-state index is -0.0460. The Labute approximate surface area is 136 Å². The van der Waals surface area contributed by atoms with Gasteiger partial charge >= 0.3 is 0 Å². The summed E-state index contributed by atoms with van der Waals surface area (Å²) in [6.07, 6.45) is 0. The molecule has 2 amide bonds. The number of nitrogens with one attached hydrogen (secondary N) is 1. The summed E-state index contributed by atoms with van der Waals surface area (Å²) in [4.78, 5) is 27.5. The number of methoxy groups -OCH3 is 1. The maximum Gasteiger partial charge on any atom is 0.229 e. The molecule has 0 saturated carbocycles. The first-order valence-electron chi connectivity index (χ1n) is 8.00. The van der Waals surface area contributed by atoms with E-state index in [1.54, 1.807) is 18.9 Å². The molecule has 2 fully saturated rings. The van der Waals surface area contributed by atoms with Crippen molar-refractivity contribution in [2.75, 3.05) is 39.8 Å². The molecule has 3 rings (SSSR count). The lowest BCUT2D eigenvalue weighted by atomic mass is 9.96. The number of benzene rings is 1. The second-order valence-electron chi connectivity index (χ2n) is 6.15. The van der Waals surface area contributed by atoms with Gasteiger partial charge < -0.3 is 19.9 Å². The minimum absolute atomic E-state index is 0.0428. The molecule has 2 aliphatic rings. The number of rotatable bonds is 3. The molecule has 0 aromatic heterocycles. The van der Waals surface area contributed by atoms with E-state index in [2.05, 4.69) is 5.32 Å². The van der Waals surface area contributed by atoms with Crippen LogP contribution < -0.4 is 10.1 Å². The Bertz CT molecular complexity index is 599. The van der Waals surface area contributed by atoms with Crippen LogP contribution in [0, 0.1) is 5.92 Å². The van der Waals surface area contributed by atoms with Crippen LogP contribution in [-0.2, 0) is 9.59 Å². The van der Waals surface area contributed by atoms with Crippen molar-refractivity contribution in [2.45, 2.75) is 13.0 Å². The summed E-state index contributed by atoms with van der Waals surface area (Å²) in [5.41, 5.74) is 1.08. The van der Waals surface area contributed by atoms with Gasteiger partial charge in [-0.15, -0.1) is 0 Å². The number of carbonyl (C=O) groups is 2. The highest BCUT2D eigenvalue weighted by Gasteiger charge is 2.38. The molecule has 1 aromatic rings. The van der Waals surface area contributed by atoms with E-state index in [0.717, 1.165) is 17.9 Å². The molecule has 0 spiro atoms. The molecule has 1 unspecified atom stereocenters. The van der Waals surface area contributed by atoms with Crippen molar-refractivity contribution < 1.29 is 14.3 Å². The van der Waals surface area contributed by atoms with Crippen LogP contribution >= 0.6 is 0 Å². The number of hydrogen-bond donors (Lipinski definition) is 1. The van der Waals surface area contributed by atoms with Gasteiger partial charge in [-0.2, -0.15) is 0 Å².